The number of aliphatic hydroxyl groups is 4. The topological polar surface area (TPSA) is 291 Å². The van der Waals surface area contributed by atoms with Gasteiger partial charge in [0.2, 0.25) is 0 Å². The van der Waals surface area contributed by atoms with E-state index in [1.165, 1.54) is 44.9 Å². The van der Waals surface area contributed by atoms with Crippen LogP contribution in [0.2, 0.25) is 0 Å². The van der Waals surface area contributed by atoms with Crippen molar-refractivity contribution >= 4 is 27.6 Å². The first-order chi connectivity index (χ1) is 28.1. The third-order valence-corrected chi connectivity index (χ3v) is 9.65. The lowest BCUT2D eigenvalue weighted by Gasteiger charge is -2.43. The van der Waals surface area contributed by atoms with Crippen LogP contribution in [-0.2, 0) is 41.8 Å². The van der Waals surface area contributed by atoms with Gasteiger partial charge in [-0.05, 0) is 84.4 Å². The molecule has 0 amide bonds. The molecule has 1 aliphatic rings. The number of aliphatic hydroxyl groups excluding tert-OH is 4. The van der Waals surface area contributed by atoms with E-state index in [1.807, 2.05) is 0 Å². The minimum Gasteiger partial charge on any atom is -0.456 e. The zero-order valence-electron chi connectivity index (χ0n) is 33.8. The van der Waals surface area contributed by atoms with Gasteiger partial charge in [-0.25, -0.2) is 13.9 Å². The van der Waals surface area contributed by atoms with Crippen LogP contribution in [0, 0.1) is 82.9 Å². The van der Waals surface area contributed by atoms with Crippen LogP contribution in [0.4, 0.5) is 0 Å². The maximum atomic E-state index is 12.9. The molecule has 19 heteroatoms. The van der Waals surface area contributed by atoms with Gasteiger partial charge in [-0.15, -0.1) is 0 Å². The van der Waals surface area contributed by atoms with Gasteiger partial charge < -0.3 is 50.7 Å². The van der Waals surface area contributed by atoms with Crippen LogP contribution in [0.15, 0.2) is 0 Å². The summed E-state index contributed by atoms with van der Waals surface area (Å²) in [5.41, 5.74) is 0. The second kappa shape index (κ2) is 32.6. The average molecular weight is 906 g/mol. The summed E-state index contributed by atoms with van der Waals surface area (Å²) in [5.74, 6) is 31.5. The molecule has 0 heterocycles. The second-order valence-corrected chi connectivity index (χ2v) is 15.5. The molecule has 8 atom stereocenters. The van der Waals surface area contributed by atoms with Crippen LogP contribution >= 0.6 is 15.6 Å². The van der Waals surface area contributed by atoms with E-state index >= 15 is 0 Å². The van der Waals surface area contributed by atoms with Crippen molar-refractivity contribution in [2.45, 2.75) is 146 Å². The lowest BCUT2D eigenvalue weighted by atomic mass is 9.85. The number of esters is 2. The van der Waals surface area contributed by atoms with E-state index in [4.69, 9.17) is 28.3 Å². The lowest BCUT2D eigenvalue weighted by Crippen LogP contribution is -2.64. The number of rotatable bonds is 24. The first-order valence-corrected chi connectivity index (χ1v) is 22.0. The minimum absolute atomic E-state index is 0. The van der Waals surface area contributed by atoms with Crippen molar-refractivity contribution in [3.63, 3.8) is 0 Å². The second-order valence-electron chi connectivity index (χ2n) is 12.9. The van der Waals surface area contributed by atoms with Gasteiger partial charge in [-0.1, -0.05) is 89.9 Å². The fourth-order valence-corrected chi connectivity index (χ4v) is 6.80. The highest BCUT2D eigenvalue weighted by Gasteiger charge is 2.54. The summed E-state index contributed by atoms with van der Waals surface area (Å²) in [5, 5.41) is 41.0. The Bertz CT molecular complexity index is 1940. The van der Waals surface area contributed by atoms with Crippen LogP contribution < -0.4 is 6.15 Å². The van der Waals surface area contributed by atoms with E-state index in [-0.39, 0.29) is 31.1 Å². The molecule has 4 unspecified atom stereocenters. The van der Waals surface area contributed by atoms with Crippen molar-refractivity contribution in [1.29, 1.82) is 0 Å². The molecule has 60 heavy (non-hydrogen) atoms. The molecule has 0 spiro atoms. The summed E-state index contributed by atoms with van der Waals surface area (Å²) in [4.78, 5) is 53.5. The molecule has 0 aromatic heterocycles. The molecular weight excluding hydrogens is 824 g/mol. The molecule has 0 saturated heterocycles. The summed E-state index contributed by atoms with van der Waals surface area (Å²) in [7, 11) is -10.8. The Labute approximate surface area is 371 Å². The lowest BCUT2D eigenvalue weighted by molar-refractivity contribution is -0.216. The zero-order valence-corrected chi connectivity index (χ0v) is 35.6. The molecule has 0 aliphatic heterocycles. The number of phosphoric acid groups is 2. The van der Waals surface area contributed by atoms with E-state index in [9.17, 15) is 44.0 Å². The van der Waals surface area contributed by atoms with Crippen molar-refractivity contribution in [3.8, 4) is 82.9 Å². The molecule has 10 N–H and O–H groups in total. The Morgan fingerprint density at radius 2 is 1.03 bits per heavy atom. The van der Waals surface area contributed by atoms with Gasteiger partial charge in [0, 0.05) is 30.9 Å². The monoisotopic (exact) mass is 906 g/mol. The molecule has 0 aromatic carbocycles. The Morgan fingerprint density at radius 1 is 0.600 bits per heavy atom. The molecule has 1 rings (SSSR count). The van der Waals surface area contributed by atoms with Gasteiger partial charge in [0.25, 0.3) is 0 Å². The molecule has 356 valence electrons. The quantitative estimate of drug-likeness (QED) is 0.0188. The molecule has 0 aromatic rings. The van der Waals surface area contributed by atoms with Gasteiger partial charge in [0.1, 0.15) is 43.2 Å². The van der Waals surface area contributed by atoms with E-state index in [2.05, 4.69) is 94.3 Å². The van der Waals surface area contributed by atoms with E-state index in [0.717, 1.165) is 32.1 Å². The third kappa shape index (κ3) is 26.9. The van der Waals surface area contributed by atoms with Gasteiger partial charge in [0.05, 0.1) is 6.61 Å². The summed E-state index contributed by atoms with van der Waals surface area (Å²) >= 11 is 0. The standard InChI is InChI=1S/C41H52O16P2.H3N.13H2/c1-3-5-7-9-11-13-15-17-19-21-23-25-27-29-34(42)53-31-33(55-35(43)30-28-26-24-22-20-18-16-14-12-10-8-6-4-2)32-54-59(51,52)57-41-38(46)36(44)37(45)40(39(41)47)56-58(48,49)50;;;;;;;;;;;;;;/h33,36-41,44-47H,4,6,8,10,12,14,16,18,20,22,24,26,28,30-32H2,1-2H3,(H,51,52)(H2,48,49,50);1H3;13*1H/t33-,36?,37-,38+,39?,40-,41?;;;;;;;;;;;;;;/m1............../s1. The number of phosphoric ester groups is 2. The Hall–Kier alpha value is -4.12. The number of hydrogen-bond acceptors (Lipinski definition) is 14. The van der Waals surface area contributed by atoms with Gasteiger partial charge in [0.15, 0.2) is 6.10 Å². The van der Waals surface area contributed by atoms with Crippen LogP contribution in [-0.4, -0.2) is 103 Å². The van der Waals surface area contributed by atoms with Crippen LogP contribution in [0.3, 0.4) is 0 Å². The average Bonchev–Trinajstić information content (AvgIpc) is 3.18. The first-order valence-electron chi connectivity index (χ1n) is 19.0. The highest BCUT2D eigenvalue weighted by atomic mass is 31.2. The fraction of sp³-hybridized carbons (Fsp3) is 0.610. The summed E-state index contributed by atoms with van der Waals surface area (Å²) in [6.45, 7) is 2.15. The van der Waals surface area contributed by atoms with Crippen molar-refractivity contribution < 1.29 is 95.4 Å². The smallest absolute Gasteiger partial charge is 0.456 e. The molecule has 1 aliphatic carbocycles. The molecule has 17 nitrogen and oxygen atoms in total. The van der Waals surface area contributed by atoms with Crippen LogP contribution in [0.5, 0.6) is 0 Å². The third-order valence-electron chi connectivity index (χ3n) is 8.14. The maximum Gasteiger partial charge on any atom is 0.472 e. The molecular formula is C41H81NO16P2. The van der Waals surface area contributed by atoms with Crippen LogP contribution in [0.25, 0.3) is 0 Å². The number of carbonyl (C=O) groups is 2. The number of ether oxygens (including phenoxy) is 2. The number of hydrogen-bond donors (Lipinski definition) is 8. The predicted octanol–water partition coefficient (Wildman–Crippen LogP) is 5.76. The summed E-state index contributed by atoms with van der Waals surface area (Å²) in [6.07, 6.45) is -1.12. The fourth-order valence-electron chi connectivity index (χ4n) is 5.26. The summed E-state index contributed by atoms with van der Waals surface area (Å²) < 4.78 is 48.5. The van der Waals surface area contributed by atoms with Gasteiger partial charge >= 0.3 is 27.6 Å². The van der Waals surface area contributed by atoms with E-state index < -0.39 is 83.5 Å². The van der Waals surface area contributed by atoms with Crippen molar-refractivity contribution in [1.82, 2.24) is 6.15 Å². The van der Waals surface area contributed by atoms with Crippen molar-refractivity contribution in [2.24, 2.45) is 0 Å². The van der Waals surface area contributed by atoms with Crippen molar-refractivity contribution in [2.75, 3.05) is 13.2 Å². The van der Waals surface area contributed by atoms with E-state index in [1.54, 1.807) is 6.92 Å². The Balaban J connectivity index is -0.000000207. The highest BCUT2D eigenvalue weighted by molar-refractivity contribution is 7.47. The van der Waals surface area contributed by atoms with Gasteiger partial charge in [-0.2, -0.15) is 0 Å². The van der Waals surface area contributed by atoms with Gasteiger partial charge in [-0.3, -0.25) is 18.4 Å². The summed E-state index contributed by atoms with van der Waals surface area (Å²) in [6, 6.07) is 0. The minimum atomic E-state index is -5.39. The normalized spacial score (nSPS) is 20.3. The zero-order chi connectivity index (χ0) is 43.9. The van der Waals surface area contributed by atoms with E-state index in [0.29, 0.717) is 6.42 Å². The molecule has 1 saturated carbocycles. The molecule has 0 bridgehead atoms. The maximum absolute atomic E-state index is 12.9. The largest absolute Gasteiger partial charge is 0.472 e. The van der Waals surface area contributed by atoms with Crippen LogP contribution in [0.1, 0.15) is 122 Å². The molecule has 0 radical (unpaired) electrons. The highest BCUT2D eigenvalue weighted by Crippen LogP contribution is 2.49. The number of carbonyl (C=O) groups excluding carboxylic acids is 2. The predicted molar refractivity (Wildman–Crippen MR) is 245 cm³/mol. The SMILES string of the molecule is CC#CC#CC#CC#CC#CC#CC#CC(=O)OC[C@H](COP(=O)(O)OC1C(O)[C@H](OP(=O)(O)O)[C@H](O)C(O)[C@@H]1O)OC(=O)CCCCCCCCCCCCCCC.N.[HH].[HH].[HH].[HH].[HH].[HH].[HH].[HH].[HH].[HH].[HH].[HH].[HH]. The number of unbranched alkanes of at least 4 members (excludes halogenated alkanes) is 12. The Morgan fingerprint density at radius 3 is 1.50 bits per heavy atom. The Kier molecular flexibility index (Phi) is 30.4. The van der Waals surface area contributed by atoms with Crippen molar-refractivity contribution in [3.05, 3.63) is 0 Å². The first kappa shape index (κ1) is 55.9. The molecule has 1 fully saturated rings.